The monoisotopic (exact) mass is 399 g/mol. The van der Waals surface area contributed by atoms with Gasteiger partial charge < -0.3 is 15.5 Å². The van der Waals surface area contributed by atoms with Crippen LogP contribution in [0.3, 0.4) is 0 Å². The molecule has 1 atom stereocenters. The van der Waals surface area contributed by atoms with Crippen LogP contribution in [0.25, 0.3) is 0 Å². The minimum Gasteiger partial charge on any atom is -0.355 e. The van der Waals surface area contributed by atoms with Gasteiger partial charge >= 0.3 is 0 Å². The van der Waals surface area contributed by atoms with E-state index >= 15 is 0 Å². The second-order valence-corrected chi connectivity index (χ2v) is 7.40. The largest absolute Gasteiger partial charge is 0.355 e. The molecule has 0 saturated carbocycles. The van der Waals surface area contributed by atoms with E-state index in [2.05, 4.69) is 35.9 Å². The summed E-state index contributed by atoms with van der Waals surface area (Å²) >= 11 is 1.29. The minimum atomic E-state index is -0.325. The van der Waals surface area contributed by atoms with Crippen LogP contribution in [0.4, 0.5) is 20.5 Å². The number of hydrogen-bond donors (Lipinski definition) is 2. The first-order valence-corrected chi connectivity index (χ1v) is 9.64. The van der Waals surface area contributed by atoms with Crippen molar-refractivity contribution in [3.8, 4) is 0 Å². The number of nitrogens with one attached hydrogen (secondary N) is 2. The highest BCUT2D eigenvalue weighted by Crippen LogP contribution is 2.24. The summed E-state index contributed by atoms with van der Waals surface area (Å²) in [5.41, 5.74) is 0.733. The molecule has 0 spiro atoms. The first-order chi connectivity index (χ1) is 13.7. The third-order valence-corrected chi connectivity index (χ3v) is 5.12. The van der Waals surface area contributed by atoms with E-state index in [1.165, 1.54) is 23.5 Å². The molecule has 2 aromatic heterocycles. The number of benzene rings is 1. The first-order valence-electron chi connectivity index (χ1n) is 8.83. The molecular weight excluding hydrogens is 381 g/mol. The molecule has 0 aliphatic carbocycles. The van der Waals surface area contributed by atoms with Crippen LogP contribution in [0.1, 0.15) is 12.0 Å². The zero-order chi connectivity index (χ0) is 19.3. The third-order valence-electron chi connectivity index (χ3n) is 4.35. The molecule has 1 aliphatic rings. The maximum absolute atomic E-state index is 12.9. The molecule has 2 N–H and O–H groups in total. The minimum absolute atomic E-state index is 0.151. The van der Waals surface area contributed by atoms with E-state index in [0.29, 0.717) is 10.3 Å². The molecule has 8 nitrogen and oxygen atoms in total. The second-order valence-electron chi connectivity index (χ2n) is 6.42. The first kappa shape index (κ1) is 18.2. The summed E-state index contributed by atoms with van der Waals surface area (Å²) in [6, 6.07) is 9.88. The molecular formula is C18H18FN7OS. The summed E-state index contributed by atoms with van der Waals surface area (Å²) in [6.07, 6.45) is 2.75. The maximum Gasteiger partial charge on any atom is 0.230 e. The lowest BCUT2D eigenvalue weighted by Crippen LogP contribution is -2.26. The van der Waals surface area contributed by atoms with Gasteiger partial charge in [0.2, 0.25) is 16.2 Å². The summed E-state index contributed by atoms with van der Waals surface area (Å²) in [5.74, 6) is 0.315. The van der Waals surface area contributed by atoms with E-state index < -0.39 is 0 Å². The molecule has 1 aliphatic heterocycles. The van der Waals surface area contributed by atoms with Gasteiger partial charge in [-0.25, -0.2) is 4.39 Å². The zero-order valence-corrected chi connectivity index (χ0v) is 15.7. The molecule has 144 valence electrons. The summed E-state index contributed by atoms with van der Waals surface area (Å²) in [4.78, 5) is 14.3. The smallest absolute Gasteiger partial charge is 0.230 e. The van der Waals surface area contributed by atoms with Crippen molar-refractivity contribution in [1.82, 2.24) is 20.4 Å². The Bertz CT molecular complexity index is 935. The number of halogens is 1. The second kappa shape index (κ2) is 8.26. The predicted octanol–water partition coefficient (Wildman–Crippen LogP) is 2.34. The van der Waals surface area contributed by atoms with E-state index in [1.807, 2.05) is 12.1 Å². The van der Waals surface area contributed by atoms with Gasteiger partial charge in [0.15, 0.2) is 5.82 Å². The van der Waals surface area contributed by atoms with E-state index in [4.69, 9.17) is 0 Å². The summed E-state index contributed by atoms with van der Waals surface area (Å²) in [5, 5.41) is 23.3. The number of anilines is 3. The van der Waals surface area contributed by atoms with Crippen molar-refractivity contribution < 1.29 is 9.18 Å². The predicted molar refractivity (Wildman–Crippen MR) is 105 cm³/mol. The third kappa shape index (κ3) is 4.58. The molecule has 4 rings (SSSR count). The molecule has 1 aromatic carbocycles. The lowest BCUT2D eigenvalue weighted by molar-refractivity contribution is -0.115. The Kier molecular flexibility index (Phi) is 5.38. The molecule has 0 bridgehead atoms. The Morgan fingerprint density at radius 3 is 2.79 bits per heavy atom. The SMILES string of the molecule is O=C(Cc1ccc(F)cc1)Nc1nnc(NC2CCN(c3cccnn3)C2)s1. The van der Waals surface area contributed by atoms with Gasteiger partial charge in [-0.15, -0.1) is 15.3 Å². The highest BCUT2D eigenvalue weighted by molar-refractivity contribution is 7.19. The Morgan fingerprint density at radius 2 is 2.00 bits per heavy atom. The van der Waals surface area contributed by atoms with Gasteiger partial charge in [0.1, 0.15) is 5.82 Å². The molecule has 0 radical (unpaired) electrons. The summed E-state index contributed by atoms with van der Waals surface area (Å²) in [6.45, 7) is 1.68. The highest BCUT2D eigenvalue weighted by Gasteiger charge is 2.24. The quantitative estimate of drug-likeness (QED) is 0.657. The average molecular weight is 399 g/mol. The van der Waals surface area contributed by atoms with Gasteiger partial charge in [-0.1, -0.05) is 23.5 Å². The number of rotatable bonds is 6. The highest BCUT2D eigenvalue weighted by atomic mass is 32.1. The molecule has 1 saturated heterocycles. The number of amides is 1. The van der Waals surface area contributed by atoms with Crippen molar-refractivity contribution >= 4 is 33.3 Å². The Hall–Kier alpha value is -3.14. The fourth-order valence-corrected chi connectivity index (χ4v) is 3.74. The van der Waals surface area contributed by atoms with Gasteiger partial charge in [0.25, 0.3) is 0 Å². The molecule has 28 heavy (non-hydrogen) atoms. The van der Waals surface area contributed by atoms with Crippen molar-refractivity contribution in [1.29, 1.82) is 0 Å². The molecule has 1 fully saturated rings. The van der Waals surface area contributed by atoms with Crippen LogP contribution in [0, 0.1) is 5.82 Å². The number of nitrogens with zero attached hydrogens (tertiary/aromatic N) is 5. The van der Waals surface area contributed by atoms with Crippen molar-refractivity contribution in [2.24, 2.45) is 0 Å². The molecule has 1 amide bonds. The van der Waals surface area contributed by atoms with Crippen molar-refractivity contribution in [3.63, 3.8) is 0 Å². The lowest BCUT2D eigenvalue weighted by Gasteiger charge is -2.16. The summed E-state index contributed by atoms with van der Waals surface area (Å²) < 4.78 is 12.9. The van der Waals surface area contributed by atoms with E-state index in [9.17, 15) is 9.18 Å². The van der Waals surface area contributed by atoms with Crippen LogP contribution in [-0.2, 0) is 11.2 Å². The van der Waals surface area contributed by atoms with Crippen LogP contribution in [0.2, 0.25) is 0 Å². The van der Waals surface area contributed by atoms with Crippen molar-refractivity contribution in [2.45, 2.75) is 18.9 Å². The number of aromatic nitrogens is 4. The topological polar surface area (TPSA) is 95.9 Å². The van der Waals surface area contributed by atoms with Crippen LogP contribution < -0.4 is 15.5 Å². The van der Waals surface area contributed by atoms with Gasteiger partial charge in [0.05, 0.1) is 6.42 Å². The zero-order valence-electron chi connectivity index (χ0n) is 14.9. The van der Waals surface area contributed by atoms with Gasteiger partial charge in [-0.05, 0) is 36.2 Å². The number of hydrogen-bond acceptors (Lipinski definition) is 8. The fourth-order valence-electron chi connectivity index (χ4n) is 3.01. The van der Waals surface area contributed by atoms with Crippen molar-refractivity contribution in [2.75, 3.05) is 28.6 Å². The van der Waals surface area contributed by atoms with E-state index in [-0.39, 0.29) is 24.2 Å². The van der Waals surface area contributed by atoms with Crippen molar-refractivity contribution in [3.05, 3.63) is 54.0 Å². The average Bonchev–Trinajstić information content (AvgIpc) is 3.34. The summed E-state index contributed by atoms with van der Waals surface area (Å²) in [7, 11) is 0. The molecule has 10 heteroatoms. The molecule has 3 aromatic rings. The standard InChI is InChI=1S/C18H18FN7OS/c19-13-5-3-12(4-6-13)10-16(27)22-18-25-24-17(28-18)21-14-7-9-26(11-14)15-2-1-8-20-23-15/h1-6,8,14H,7,9-11H2,(H,21,24)(H,22,25,27). The Balaban J connectivity index is 1.28. The van der Waals surface area contributed by atoms with Crippen LogP contribution in [0.5, 0.6) is 0 Å². The molecule has 3 heterocycles. The lowest BCUT2D eigenvalue weighted by atomic mass is 10.1. The normalized spacial score (nSPS) is 16.2. The fraction of sp³-hybridized carbons (Fsp3) is 0.278. The molecule has 1 unspecified atom stereocenters. The maximum atomic E-state index is 12.9. The van der Waals surface area contributed by atoms with Gasteiger partial charge in [-0.3, -0.25) is 4.79 Å². The van der Waals surface area contributed by atoms with Gasteiger partial charge in [0, 0.05) is 25.3 Å². The van der Waals surface area contributed by atoms with Gasteiger partial charge in [-0.2, -0.15) is 5.10 Å². The van der Waals surface area contributed by atoms with Crippen LogP contribution in [-0.4, -0.2) is 45.4 Å². The Labute approximate surface area is 164 Å². The van der Waals surface area contributed by atoms with Crippen LogP contribution in [0.15, 0.2) is 42.6 Å². The Morgan fingerprint density at radius 1 is 1.18 bits per heavy atom. The number of carbonyl (C=O) groups is 1. The van der Waals surface area contributed by atoms with E-state index in [1.54, 1.807) is 18.3 Å². The van der Waals surface area contributed by atoms with Crippen LogP contribution >= 0.6 is 11.3 Å². The number of carbonyl (C=O) groups excluding carboxylic acids is 1. The van der Waals surface area contributed by atoms with E-state index in [0.717, 1.165) is 30.9 Å².